The van der Waals surface area contributed by atoms with Gasteiger partial charge in [0.05, 0.1) is 19.3 Å². The lowest BCUT2D eigenvalue weighted by Gasteiger charge is -2.06. The monoisotopic (exact) mass is 252 g/mol. The molecular formula is C12H13ClN2O2. The molecule has 0 bridgehead atoms. The molecule has 1 saturated heterocycles. The van der Waals surface area contributed by atoms with Crippen LogP contribution < -0.4 is 4.74 Å². The molecule has 0 aromatic heterocycles. The maximum Gasteiger partial charge on any atom is 0.298 e. The van der Waals surface area contributed by atoms with Crippen molar-refractivity contribution in [3.05, 3.63) is 35.6 Å². The largest absolute Gasteiger partial charge is 0.497 e. The fourth-order valence-electron chi connectivity index (χ4n) is 1.46. The minimum Gasteiger partial charge on any atom is -0.497 e. The summed E-state index contributed by atoms with van der Waals surface area (Å²) in [6.45, 7) is 0.637. The minimum atomic E-state index is 0.544. The molecule has 0 amide bonds. The molecule has 17 heavy (non-hydrogen) atoms. The predicted octanol–water partition coefficient (Wildman–Crippen LogP) is 2.72. The van der Waals surface area contributed by atoms with E-state index < -0.39 is 0 Å². The van der Waals surface area contributed by atoms with Gasteiger partial charge in [0.25, 0.3) is 6.02 Å². The molecule has 2 rings (SSSR count). The van der Waals surface area contributed by atoms with Crippen molar-refractivity contribution in [1.29, 1.82) is 0 Å². The third-order valence-electron chi connectivity index (χ3n) is 2.36. The van der Waals surface area contributed by atoms with Gasteiger partial charge in [-0.05, 0) is 24.3 Å². The van der Waals surface area contributed by atoms with E-state index in [1.165, 1.54) is 5.54 Å². The number of nitrogens with zero attached hydrogens (tertiary/aromatic N) is 2. The first-order valence-corrected chi connectivity index (χ1v) is 5.57. The Bertz CT molecular complexity index is 454. The summed E-state index contributed by atoms with van der Waals surface area (Å²) < 4.78 is 10.5. The van der Waals surface area contributed by atoms with Crippen LogP contribution in [0.5, 0.6) is 5.75 Å². The fourth-order valence-corrected chi connectivity index (χ4v) is 1.57. The van der Waals surface area contributed by atoms with Gasteiger partial charge in [-0.15, -0.1) is 0 Å². The lowest BCUT2D eigenvalue weighted by Crippen LogP contribution is -2.19. The second-order valence-electron chi connectivity index (χ2n) is 3.63. The summed E-state index contributed by atoms with van der Waals surface area (Å²) >= 11 is 5.60. The SMILES string of the molecule is COc1ccc(N=C2O/C(=C\Cl)CN2C)cc1. The van der Waals surface area contributed by atoms with Crippen LogP contribution in [0, 0.1) is 0 Å². The minimum absolute atomic E-state index is 0.544. The molecule has 90 valence electrons. The van der Waals surface area contributed by atoms with Gasteiger partial charge in [-0.3, -0.25) is 0 Å². The lowest BCUT2D eigenvalue weighted by molar-refractivity contribution is 0.414. The summed E-state index contributed by atoms with van der Waals surface area (Å²) in [7, 11) is 3.53. The molecule has 0 N–H and O–H groups in total. The number of benzene rings is 1. The standard InChI is InChI=1S/C12H13ClN2O2/c1-15-8-11(7-13)17-12(15)14-9-3-5-10(16-2)6-4-9/h3-7H,8H2,1-2H3/b11-7-,14-12?. The number of halogens is 1. The number of ether oxygens (including phenoxy) is 2. The Hall–Kier alpha value is -1.68. The van der Waals surface area contributed by atoms with E-state index in [9.17, 15) is 0 Å². The van der Waals surface area contributed by atoms with E-state index in [4.69, 9.17) is 21.1 Å². The van der Waals surface area contributed by atoms with Crippen LogP contribution in [0.2, 0.25) is 0 Å². The predicted molar refractivity (Wildman–Crippen MR) is 67.7 cm³/mol. The van der Waals surface area contributed by atoms with Gasteiger partial charge in [0.2, 0.25) is 0 Å². The zero-order valence-electron chi connectivity index (χ0n) is 9.68. The summed E-state index contributed by atoms with van der Waals surface area (Å²) in [6, 6.07) is 7.98. The fraction of sp³-hybridized carbons (Fsp3) is 0.250. The van der Waals surface area contributed by atoms with Crippen LogP contribution in [0.1, 0.15) is 0 Å². The molecule has 1 fully saturated rings. The van der Waals surface area contributed by atoms with E-state index in [1.807, 2.05) is 36.2 Å². The molecule has 1 heterocycles. The lowest BCUT2D eigenvalue weighted by atomic mass is 10.3. The second-order valence-corrected chi connectivity index (χ2v) is 3.84. The highest BCUT2D eigenvalue weighted by Gasteiger charge is 2.21. The van der Waals surface area contributed by atoms with Gasteiger partial charge in [0.1, 0.15) is 11.5 Å². The Morgan fingerprint density at radius 3 is 2.65 bits per heavy atom. The average Bonchev–Trinajstić information content (AvgIpc) is 2.71. The van der Waals surface area contributed by atoms with Crippen molar-refractivity contribution < 1.29 is 9.47 Å². The van der Waals surface area contributed by atoms with Crippen LogP contribution >= 0.6 is 11.6 Å². The molecular weight excluding hydrogens is 240 g/mol. The Labute approximate surface area is 105 Å². The molecule has 1 aliphatic heterocycles. The van der Waals surface area contributed by atoms with Crippen LogP contribution in [0.3, 0.4) is 0 Å². The summed E-state index contributed by atoms with van der Waals surface area (Å²) in [5.41, 5.74) is 2.23. The third-order valence-corrected chi connectivity index (χ3v) is 2.60. The number of likely N-dealkylation sites (N-methyl/N-ethyl adjacent to an activating group) is 1. The molecule has 4 nitrogen and oxygen atoms in total. The Kier molecular flexibility index (Phi) is 3.54. The van der Waals surface area contributed by atoms with Gasteiger partial charge in [0, 0.05) is 12.6 Å². The number of hydrogen-bond donors (Lipinski definition) is 0. The van der Waals surface area contributed by atoms with Crippen molar-refractivity contribution in [1.82, 2.24) is 4.90 Å². The van der Waals surface area contributed by atoms with E-state index in [-0.39, 0.29) is 0 Å². The highest BCUT2D eigenvalue weighted by molar-refractivity contribution is 6.25. The summed E-state index contributed by atoms with van der Waals surface area (Å²) in [4.78, 5) is 6.27. The van der Waals surface area contributed by atoms with Gasteiger partial charge in [-0.2, -0.15) is 4.99 Å². The molecule has 0 aliphatic carbocycles. The van der Waals surface area contributed by atoms with E-state index >= 15 is 0 Å². The Morgan fingerprint density at radius 2 is 2.12 bits per heavy atom. The van der Waals surface area contributed by atoms with E-state index in [0.29, 0.717) is 18.3 Å². The van der Waals surface area contributed by atoms with Gasteiger partial charge < -0.3 is 14.4 Å². The zero-order valence-corrected chi connectivity index (χ0v) is 10.4. The van der Waals surface area contributed by atoms with E-state index in [1.54, 1.807) is 7.11 Å². The van der Waals surface area contributed by atoms with Crippen LogP contribution in [0.25, 0.3) is 0 Å². The van der Waals surface area contributed by atoms with Crippen molar-refractivity contribution in [2.75, 3.05) is 20.7 Å². The smallest absolute Gasteiger partial charge is 0.298 e. The summed E-state index contributed by atoms with van der Waals surface area (Å²) in [6.07, 6.45) is 0. The van der Waals surface area contributed by atoms with E-state index in [0.717, 1.165) is 11.4 Å². The normalized spacial score (nSPS) is 19.8. The van der Waals surface area contributed by atoms with Gasteiger partial charge in [-0.1, -0.05) is 11.6 Å². The Morgan fingerprint density at radius 1 is 1.41 bits per heavy atom. The molecule has 0 radical (unpaired) electrons. The van der Waals surface area contributed by atoms with Crippen LogP contribution in [0.15, 0.2) is 40.6 Å². The number of rotatable bonds is 2. The molecule has 0 unspecified atom stereocenters. The molecule has 5 heteroatoms. The molecule has 0 atom stereocenters. The second kappa shape index (κ2) is 5.10. The first-order valence-electron chi connectivity index (χ1n) is 5.14. The van der Waals surface area contributed by atoms with Crippen molar-refractivity contribution in [2.24, 2.45) is 4.99 Å². The van der Waals surface area contributed by atoms with Gasteiger partial charge >= 0.3 is 0 Å². The Balaban J connectivity index is 2.18. The topological polar surface area (TPSA) is 34.1 Å². The zero-order chi connectivity index (χ0) is 12.3. The van der Waals surface area contributed by atoms with Gasteiger partial charge in [0.15, 0.2) is 0 Å². The maximum atomic E-state index is 5.60. The first-order chi connectivity index (χ1) is 8.22. The van der Waals surface area contributed by atoms with E-state index in [2.05, 4.69) is 4.99 Å². The maximum absolute atomic E-state index is 5.60. The van der Waals surface area contributed by atoms with Crippen molar-refractivity contribution in [2.45, 2.75) is 0 Å². The number of methoxy groups -OCH3 is 1. The quantitative estimate of drug-likeness (QED) is 0.812. The summed E-state index contributed by atoms with van der Waals surface area (Å²) in [5, 5.41) is 0. The van der Waals surface area contributed by atoms with Crippen molar-refractivity contribution in [3.63, 3.8) is 0 Å². The van der Waals surface area contributed by atoms with Gasteiger partial charge in [-0.25, -0.2) is 0 Å². The number of amidine groups is 1. The highest BCUT2D eigenvalue weighted by Crippen LogP contribution is 2.21. The first kappa shape index (κ1) is 11.8. The average molecular weight is 253 g/mol. The molecule has 1 aromatic carbocycles. The van der Waals surface area contributed by atoms with Crippen LogP contribution in [0.4, 0.5) is 5.69 Å². The number of hydrogen-bond acceptors (Lipinski definition) is 3. The summed E-state index contributed by atoms with van der Waals surface area (Å²) in [5.74, 6) is 1.50. The molecule has 1 aliphatic rings. The van der Waals surface area contributed by atoms with Crippen LogP contribution in [-0.4, -0.2) is 31.6 Å². The van der Waals surface area contributed by atoms with Crippen LogP contribution in [-0.2, 0) is 4.74 Å². The molecule has 0 saturated carbocycles. The third kappa shape index (κ3) is 2.71. The van der Waals surface area contributed by atoms with Crippen molar-refractivity contribution in [3.8, 4) is 5.75 Å². The molecule has 1 aromatic rings. The van der Waals surface area contributed by atoms with Crippen molar-refractivity contribution >= 4 is 23.3 Å². The highest BCUT2D eigenvalue weighted by atomic mass is 35.5. The number of aliphatic imine (C=N–C) groups is 1. The molecule has 0 spiro atoms.